The summed E-state index contributed by atoms with van der Waals surface area (Å²) >= 11 is 1.90. The molecule has 0 saturated heterocycles. The highest BCUT2D eigenvalue weighted by Gasteiger charge is 2.20. The van der Waals surface area contributed by atoms with Gasteiger partial charge in [0.1, 0.15) is 0 Å². The molecule has 16 heavy (non-hydrogen) atoms. The van der Waals surface area contributed by atoms with E-state index in [1.807, 2.05) is 11.3 Å². The number of nitrogens with one attached hydrogen (secondary N) is 1. The molecule has 1 atom stereocenters. The summed E-state index contributed by atoms with van der Waals surface area (Å²) in [6, 6.07) is 13.5. The van der Waals surface area contributed by atoms with Crippen LogP contribution < -0.4 is 5.32 Å². The minimum Gasteiger partial charge on any atom is -0.309 e. The van der Waals surface area contributed by atoms with Gasteiger partial charge in [0.05, 0.1) is 0 Å². The van der Waals surface area contributed by atoms with Crippen molar-refractivity contribution in [3.05, 3.63) is 57.8 Å². The van der Waals surface area contributed by atoms with Crippen LogP contribution in [0, 0.1) is 0 Å². The van der Waals surface area contributed by atoms with Gasteiger partial charge in [-0.25, -0.2) is 0 Å². The van der Waals surface area contributed by atoms with E-state index in [-0.39, 0.29) is 0 Å². The van der Waals surface area contributed by atoms with Crippen LogP contribution in [0.5, 0.6) is 0 Å². The van der Waals surface area contributed by atoms with Gasteiger partial charge in [-0.3, -0.25) is 0 Å². The Morgan fingerprint density at radius 1 is 1.19 bits per heavy atom. The van der Waals surface area contributed by atoms with Crippen LogP contribution in [0.15, 0.2) is 41.8 Å². The molecule has 0 radical (unpaired) electrons. The third-order valence-electron chi connectivity index (χ3n) is 3.18. The molecule has 0 aliphatic carbocycles. The van der Waals surface area contributed by atoms with E-state index in [2.05, 4.69) is 47.1 Å². The number of hydrogen-bond donors (Lipinski definition) is 1. The molecule has 0 bridgehead atoms. The summed E-state index contributed by atoms with van der Waals surface area (Å²) in [4.78, 5) is 1.57. The maximum Gasteiger partial charge on any atom is 0.0372 e. The van der Waals surface area contributed by atoms with Crippen LogP contribution in [0.4, 0.5) is 0 Å². The SMILES string of the molecule is c1ccc(CC2NCCc3sccc32)cc1. The zero-order chi connectivity index (χ0) is 10.8. The molecule has 0 fully saturated rings. The number of fused-ring (bicyclic) bond motifs is 1. The van der Waals surface area contributed by atoms with Crippen molar-refractivity contribution in [1.29, 1.82) is 0 Å². The average molecular weight is 229 g/mol. The first-order valence-electron chi connectivity index (χ1n) is 5.77. The highest BCUT2D eigenvalue weighted by atomic mass is 32.1. The van der Waals surface area contributed by atoms with E-state index in [1.165, 1.54) is 17.5 Å². The quantitative estimate of drug-likeness (QED) is 0.834. The highest BCUT2D eigenvalue weighted by molar-refractivity contribution is 7.10. The van der Waals surface area contributed by atoms with E-state index in [4.69, 9.17) is 0 Å². The summed E-state index contributed by atoms with van der Waals surface area (Å²) in [6.07, 6.45) is 2.29. The van der Waals surface area contributed by atoms with Gasteiger partial charge in [0.2, 0.25) is 0 Å². The molecule has 1 N–H and O–H groups in total. The Hall–Kier alpha value is -1.12. The first-order chi connectivity index (χ1) is 7.93. The molecular weight excluding hydrogens is 214 g/mol. The third kappa shape index (κ3) is 1.91. The second kappa shape index (κ2) is 4.40. The number of hydrogen-bond acceptors (Lipinski definition) is 2. The van der Waals surface area contributed by atoms with E-state index in [9.17, 15) is 0 Å². The van der Waals surface area contributed by atoms with Crippen molar-refractivity contribution in [1.82, 2.24) is 5.32 Å². The lowest BCUT2D eigenvalue weighted by atomic mass is 9.96. The Bertz CT molecular complexity index is 461. The lowest BCUT2D eigenvalue weighted by Crippen LogP contribution is -2.30. The zero-order valence-electron chi connectivity index (χ0n) is 9.15. The molecular formula is C14H15NS. The Kier molecular flexibility index (Phi) is 2.77. The van der Waals surface area contributed by atoms with Crippen molar-refractivity contribution >= 4 is 11.3 Å². The molecule has 1 aromatic carbocycles. The molecule has 0 saturated carbocycles. The highest BCUT2D eigenvalue weighted by Crippen LogP contribution is 2.29. The van der Waals surface area contributed by atoms with Crippen LogP contribution in [0.3, 0.4) is 0 Å². The fraction of sp³-hybridized carbons (Fsp3) is 0.286. The maximum atomic E-state index is 3.62. The van der Waals surface area contributed by atoms with Gasteiger partial charge in [-0.1, -0.05) is 30.3 Å². The molecule has 1 aliphatic heterocycles. The van der Waals surface area contributed by atoms with Crippen LogP contribution in [0.1, 0.15) is 22.0 Å². The fourth-order valence-electron chi connectivity index (χ4n) is 2.37. The first kappa shape index (κ1) is 10.1. The van der Waals surface area contributed by atoms with Crippen molar-refractivity contribution in [3.8, 4) is 0 Å². The topological polar surface area (TPSA) is 12.0 Å². The van der Waals surface area contributed by atoms with Gasteiger partial charge in [0.25, 0.3) is 0 Å². The average Bonchev–Trinajstić information content (AvgIpc) is 2.80. The molecule has 0 spiro atoms. The molecule has 1 aromatic heterocycles. The smallest absolute Gasteiger partial charge is 0.0372 e. The van der Waals surface area contributed by atoms with E-state index >= 15 is 0 Å². The summed E-state index contributed by atoms with van der Waals surface area (Å²) in [5.41, 5.74) is 2.93. The predicted molar refractivity (Wildman–Crippen MR) is 68.9 cm³/mol. The molecule has 1 nitrogen and oxygen atoms in total. The Labute approximate surface area is 100 Å². The lowest BCUT2D eigenvalue weighted by molar-refractivity contribution is 0.508. The number of benzene rings is 1. The third-order valence-corrected chi connectivity index (χ3v) is 4.18. The normalized spacial score (nSPS) is 19.4. The Morgan fingerprint density at radius 3 is 2.94 bits per heavy atom. The summed E-state index contributed by atoms with van der Waals surface area (Å²) < 4.78 is 0. The van der Waals surface area contributed by atoms with Crippen molar-refractivity contribution in [2.24, 2.45) is 0 Å². The molecule has 2 heteroatoms. The van der Waals surface area contributed by atoms with Crippen molar-refractivity contribution in [2.75, 3.05) is 6.54 Å². The van der Waals surface area contributed by atoms with Crippen LogP contribution in [0.25, 0.3) is 0 Å². The molecule has 2 aromatic rings. The second-order valence-electron chi connectivity index (χ2n) is 4.25. The monoisotopic (exact) mass is 229 g/mol. The molecule has 1 unspecified atom stereocenters. The van der Waals surface area contributed by atoms with E-state index in [0.29, 0.717) is 6.04 Å². The first-order valence-corrected chi connectivity index (χ1v) is 6.65. The van der Waals surface area contributed by atoms with Crippen LogP contribution in [-0.2, 0) is 12.8 Å². The zero-order valence-corrected chi connectivity index (χ0v) is 9.96. The largest absolute Gasteiger partial charge is 0.309 e. The molecule has 0 amide bonds. The summed E-state index contributed by atoms with van der Waals surface area (Å²) in [6.45, 7) is 1.12. The van der Waals surface area contributed by atoms with Gasteiger partial charge in [-0.05, 0) is 35.4 Å². The van der Waals surface area contributed by atoms with Gasteiger partial charge in [0.15, 0.2) is 0 Å². The Balaban J connectivity index is 1.83. The summed E-state index contributed by atoms with van der Waals surface area (Å²) in [7, 11) is 0. The van der Waals surface area contributed by atoms with Crippen LogP contribution >= 0.6 is 11.3 Å². The summed E-state index contributed by atoms with van der Waals surface area (Å²) in [5.74, 6) is 0. The predicted octanol–water partition coefficient (Wildman–Crippen LogP) is 3.18. The number of rotatable bonds is 2. The van der Waals surface area contributed by atoms with E-state index < -0.39 is 0 Å². The van der Waals surface area contributed by atoms with Crippen molar-refractivity contribution in [3.63, 3.8) is 0 Å². The van der Waals surface area contributed by atoms with Crippen molar-refractivity contribution < 1.29 is 0 Å². The Morgan fingerprint density at radius 2 is 2.06 bits per heavy atom. The van der Waals surface area contributed by atoms with Gasteiger partial charge in [-0.2, -0.15) is 0 Å². The van der Waals surface area contributed by atoms with Crippen LogP contribution in [0.2, 0.25) is 0 Å². The van der Waals surface area contributed by atoms with Gasteiger partial charge in [-0.15, -0.1) is 11.3 Å². The fourth-order valence-corrected chi connectivity index (χ4v) is 3.31. The minimum absolute atomic E-state index is 0.511. The van der Waals surface area contributed by atoms with Crippen molar-refractivity contribution in [2.45, 2.75) is 18.9 Å². The molecule has 82 valence electrons. The molecule has 1 aliphatic rings. The number of thiophene rings is 1. The van der Waals surface area contributed by atoms with Gasteiger partial charge in [0, 0.05) is 17.5 Å². The molecule has 3 rings (SSSR count). The standard InChI is InChI=1S/C14H15NS/c1-2-4-11(5-3-1)10-13-12-7-9-16-14(12)6-8-15-13/h1-5,7,9,13,15H,6,8,10H2. The van der Waals surface area contributed by atoms with E-state index in [1.54, 1.807) is 4.88 Å². The maximum absolute atomic E-state index is 3.62. The second-order valence-corrected chi connectivity index (χ2v) is 5.25. The minimum atomic E-state index is 0.511. The lowest BCUT2D eigenvalue weighted by Gasteiger charge is -2.24. The molecule has 2 heterocycles. The van der Waals surface area contributed by atoms with E-state index in [0.717, 1.165) is 13.0 Å². The summed E-state index contributed by atoms with van der Waals surface area (Å²) in [5, 5.41) is 5.83. The van der Waals surface area contributed by atoms with Gasteiger partial charge >= 0.3 is 0 Å². The van der Waals surface area contributed by atoms with Crippen LogP contribution in [-0.4, -0.2) is 6.54 Å². The van der Waals surface area contributed by atoms with Gasteiger partial charge < -0.3 is 5.32 Å².